The molecule has 3 rings (SSSR count). The Balaban J connectivity index is 2.18. The number of allylic oxidation sites excluding steroid dienone is 1. The van der Waals surface area contributed by atoms with Crippen molar-refractivity contribution < 1.29 is 9.84 Å². The van der Waals surface area contributed by atoms with Gasteiger partial charge in [0.25, 0.3) is 0 Å². The van der Waals surface area contributed by atoms with Gasteiger partial charge in [0.1, 0.15) is 11.5 Å². The van der Waals surface area contributed by atoms with Crippen molar-refractivity contribution in [2.24, 2.45) is 5.73 Å². The topological polar surface area (TPSA) is 68.4 Å². The van der Waals surface area contributed by atoms with E-state index >= 15 is 0 Å². The fourth-order valence-corrected chi connectivity index (χ4v) is 1.84. The zero-order valence-corrected chi connectivity index (χ0v) is 8.47. The van der Waals surface area contributed by atoms with Crippen molar-refractivity contribution in [3.05, 3.63) is 52.9 Å². The van der Waals surface area contributed by atoms with Crippen LogP contribution in [0.1, 0.15) is 12.1 Å². The summed E-state index contributed by atoms with van der Waals surface area (Å²) in [4.78, 5) is 4.18. The van der Waals surface area contributed by atoms with Gasteiger partial charge in [0.15, 0.2) is 11.5 Å². The summed E-state index contributed by atoms with van der Waals surface area (Å²) in [5, 5.41) is 9.77. The number of nitrogens with two attached hydrogens (primary N) is 1. The Labute approximate surface area is 92.4 Å². The van der Waals surface area contributed by atoms with E-state index in [2.05, 4.69) is 4.98 Å². The van der Waals surface area contributed by atoms with Crippen LogP contribution in [0.2, 0.25) is 0 Å². The monoisotopic (exact) mass is 214 g/mol. The molecule has 0 spiro atoms. The zero-order chi connectivity index (χ0) is 11.1. The lowest BCUT2D eigenvalue weighted by Gasteiger charge is -2.22. The molecular formula is C12H10N2O2. The summed E-state index contributed by atoms with van der Waals surface area (Å²) in [5.41, 5.74) is 7.84. The fraction of sp³-hybridized carbons (Fsp3) is 0.0833. The molecule has 4 heteroatoms. The molecule has 0 fully saturated rings. The van der Waals surface area contributed by atoms with Crippen molar-refractivity contribution in [2.75, 3.05) is 0 Å². The SMILES string of the molecule is NC1=CC2=Cc3ncccc3OC2=C(O)C1. The zero-order valence-electron chi connectivity index (χ0n) is 8.47. The Bertz CT molecular complexity index is 556. The highest BCUT2D eigenvalue weighted by atomic mass is 16.5. The third kappa shape index (κ3) is 1.27. The molecular weight excluding hydrogens is 204 g/mol. The van der Waals surface area contributed by atoms with Crippen LogP contribution in [0.5, 0.6) is 5.75 Å². The van der Waals surface area contributed by atoms with E-state index in [1.807, 2.05) is 12.1 Å². The molecule has 0 unspecified atom stereocenters. The van der Waals surface area contributed by atoms with Gasteiger partial charge in [0.05, 0.1) is 0 Å². The molecule has 2 aliphatic rings. The van der Waals surface area contributed by atoms with Crippen LogP contribution >= 0.6 is 0 Å². The molecule has 0 saturated heterocycles. The van der Waals surface area contributed by atoms with Gasteiger partial charge >= 0.3 is 0 Å². The Kier molecular flexibility index (Phi) is 1.77. The minimum Gasteiger partial charge on any atom is -0.508 e. The highest BCUT2D eigenvalue weighted by Crippen LogP contribution is 2.35. The molecule has 16 heavy (non-hydrogen) atoms. The van der Waals surface area contributed by atoms with E-state index in [9.17, 15) is 5.11 Å². The van der Waals surface area contributed by atoms with Crippen LogP contribution in [0, 0.1) is 0 Å². The van der Waals surface area contributed by atoms with Gasteiger partial charge in [0.2, 0.25) is 0 Å². The predicted molar refractivity (Wildman–Crippen MR) is 59.4 cm³/mol. The maximum absolute atomic E-state index is 9.77. The highest BCUT2D eigenvalue weighted by molar-refractivity contribution is 5.68. The average molecular weight is 214 g/mol. The van der Waals surface area contributed by atoms with E-state index in [0.717, 1.165) is 11.3 Å². The Morgan fingerprint density at radius 1 is 1.38 bits per heavy atom. The van der Waals surface area contributed by atoms with E-state index < -0.39 is 0 Å². The first kappa shape index (κ1) is 9.03. The van der Waals surface area contributed by atoms with E-state index in [0.29, 0.717) is 23.6 Å². The van der Waals surface area contributed by atoms with Gasteiger partial charge in [-0.25, -0.2) is 0 Å². The summed E-state index contributed by atoms with van der Waals surface area (Å²) in [6.07, 6.45) is 5.69. The second kappa shape index (κ2) is 3.13. The quantitative estimate of drug-likeness (QED) is 0.691. The van der Waals surface area contributed by atoms with E-state index in [1.165, 1.54) is 0 Å². The van der Waals surface area contributed by atoms with Gasteiger partial charge in [-0.2, -0.15) is 0 Å². The molecule has 0 bridgehead atoms. The number of aromatic nitrogens is 1. The van der Waals surface area contributed by atoms with Crippen molar-refractivity contribution >= 4 is 6.08 Å². The molecule has 4 nitrogen and oxygen atoms in total. The summed E-state index contributed by atoms with van der Waals surface area (Å²) >= 11 is 0. The molecule has 1 aromatic rings. The molecule has 1 aromatic heterocycles. The number of hydrogen-bond donors (Lipinski definition) is 2. The molecule has 0 atom stereocenters. The molecule has 0 amide bonds. The van der Waals surface area contributed by atoms with Gasteiger partial charge in [-0.3, -0.25) is 4.98 Å². The van der Waals surface area contributed by atoms with Crippen LogP contribution in [-0.2, 0) is 0 Å². The number of aliphatic hydroxyl groups excluding tert-OH is 1. The molecule has 0 radical (unpaired) electrons. The second-order valence-electron chi connectivity index (χ2n) is 3.76. The van der Waals surface area contributed by atoms with Crippen LogP contribution in [0.3, 0.4) is 0 Å². The number of nitrogens with zero attached hydrogens (tertiary/aromatic N) is 1. The highest BCUT2D eigenvalue weighted by Gasteiger charge is 2.23. The predicted octanol–water partition coefficient (Wildman–Crippen LogP) is 1.87. The molecule has 2 heterocycles. The lowest BCUT2D eigenvalue weighted by atomic mass is 10.0. The first-order valence-corrected chi connectivity index (χ1v) is 4.97. The van der Waals surface area contributed by atoms with Gasteiger partial charge < -0.3 is 15.6 Å². The molecule has 1 aliphatic carbocycles. The smallest absolute Gasteiger partial charge is 0.172 e. The second-order valence-corrected chi connectivity index (χ2v) is 3.76. The lowest BCUT2D eigenvalue weighted by Crippen LogP contribution is -2.15. The molecule has 80 valence electrons. The summed E-state index contributed by atoms with van der Waals surface area (Å²) in [5.74, 6) is 1.30. The van der Waals surface area contributed by atoms with Crippen LogP contribution < -0.4 is 10.5 Å². The van der Waals surface area contributed by atoms with Crippen molar-refractivity contribution in [3.8, 4) is 5.75 Å². The minimum atomic E-state index is 0.167. The maximum Gasteiger partial charge on any atom is 0.172 e. The lowest BCUT2D eigenvalue weighted by molar-refractivity contribution is 0.329. The number of pyridine rings is 1. The van der Waals surface area contributed by atoms with Crippen LogP contribution in [0.15, 0.2) is 47.2 Å². The van der Waals surface area contributed by atoms with Crippen molar-refractivity contribution in [2.45, 2.75) is 6.42 Å². The standard InChI is InChI=1S/C12H10N2O2/c13-8-4-7-5-9-11(2-1-3-14-9)16-12(7)10(15)6-8/h1-5,15H,6,13H2. The van der Waals surface area contributed by atoms with Gasteiger partial charge in [-0.1, -0.05) is 0 Å². The van der Waals surface area contributed by atoms with Crippen LogP contribution in [0.4, 0.5) is 0 Å². The number of fused-ring (bicyclic) bond motifs is 2. The van der Waals surface area contributed by atoms with E-state index in [1.54, 1.807) is 18.3 Å². The minimum absolute atomic E-state index is 0.167. The Hall–Kier alpha value is -2.23. The Morgan fingerprint density at radius 3 is 3.12 bits per heavy atom. The van der Waals surface area contributed by atoms with Crippen LogP contribution in [0.25, 0.3) is 6.08 Å². The average Bonchev–Trinajstić information content (AvgIpc) is 2.27. The summed E-state index contributed by atoms with van der Waals surface area (Å²) < 4.78 is 5.60. The van der Waals surface area contributed by atoms with Crippen molar-refractivity contribution in [1.82, 2.24) is 4.98 Å². The first-order chi connectivity index (χ1) is 7.74. The van der Waals surface area contributed by atoms with Crippen molar-refractivity contribution in [3.63, 3.8) is 0 Å². The van der Waals surface area contributed by atoms with Gasteiger partial charge in [-0.05, 0) is 24.3 Å². The number of hydrogen-bond acceptors (Lipinski definition) is 4. The largest absolute Gasteiger partial charge is 0.508 e. The normalized spacial score (nSPS) is 18.0. The van der Waals surface area contributed by atoms with E-state index in [4.69, 9.17) is 10.5 Å². The Morgan fingerprint density at radius 2 is 2.25 bits per heavy atom. The van der Waals surface area contributed by atoms with Gasteiger partial charge in [0, 0.05) is 23.9 Å². The van der Waals surface area contributed by atoms with Crippen LogP contribution in [-0.4, -0.2) is 10.1 Å². The maximum atomic E-state index is 9.77. The molecule has 1 aliphatic heterocycles. The third-order valence-electron chi connectivity index (χ3n) is 2.54. The number of aliphatic hydroxyl groups is 1. The molecule has 0 saturated carbocycles. The fourth-order valence-electron chi connectivity index (χ4n) is 1.84. The number of ether oxygens (including phenoxy) is 1. The first-order valence-electron chi connectivity index (χ1n) is 4.97. The van der Waals surface area contributed by atoms with Crippen molar-refractivity contribution in [1.29, 1.82) is 0 Å². The molecule has 0 aromatic carbocycles. The number of rotatable bonds is 0. The van der Waals surface area contributed by atoms with Gasteiger partial charge in [-0.15, -0.1) is 0 Å². The third-order valence-corrected chi connectivity index (χ3v) is 2.54. The summed E-state index contributed by atoms with van der Waals surface area (Å²) in [7, 11) is 0. The summed E-state index contributed by atoms with van der Waals surface area (Å²) in [6, 6.07) is 3.61. The molecule has 3 N–H and O–H groups in total. The van der Waals surface area contributed by atoms with E-state index in [-0.39, 0.29) is 5.76 Å². The summed E-state index contributed by atoms with van der Waals surface area (Å²) in [6.45, 7) is 0.